The number of carbonyl (C=O) groups is 3. The van der Waals surface area contributed by atoms with Gasteiger partial charge in [0, 0.05) is 0 Å². The third-order valence-corrected chi connectivity index (χ3v) is 6.58. The van der Waals surface area contributed by atoms with E-state index in [0.717, 1.165) is 36.1 Å². The monoisotopic (exact) mass is 566 g/mol. The molecule has 39 heavy (non-hydrogen) atoms. The molecule has 4 rings (SSSR count). The molecule has 7 nitrogen and oxygen atoms in total. The minimum absolute atomic E-state index is 0.237. The maximum atomic E-state index is 13.3. The van der Waals surface area contributed by atoms with Crippen LogP contribution in [0.1, 0.15) is 43.7 Å². The lowest BCUT2D eigenvalue weighted by Crippen LogP contribution is -2.54. The molecular weight excluding hydrogens is 539 g/mol. The molecule has 0 aliphatic carbocycles. The lowest BCUT2D eigenvalue weighted by molar-refractivity contribution is -0.122. The Hall–Kier alpha value is -3.81. The van der Waals surface area contributed by atoms with Gasteiger partial charge in [-0.1, -0.05) is 79.7 Å². The van der Waals surface area contributed by atoms with Gasteiger partial charge in [-0.3, -0.25) is 14.9 Å². The van der Waals surface area contributed by atoms with Gasteiger partial charge in [-0.2, -0.15) is 0 Å². The number of benzene rings is 3. The predicted octanol–water partition coefficient (Wildman–Crippen LogP) is 7.20. The zero-order chi connectivity index (χ0) is 27.8. The first-order chi connectivity index (χ1) is 18.9. The number of hydrogen-bond acceptors (Lipinski definition) is 5. The Labute approximate surface area is 237 Å². The smallest absolute Gasteiger partial charge is 0.335 e. The van der Waals surface area contributed by atoms with Crippen molar-refractivity contribution in [3.8, 4) is 11.5 Å². The number of rotatable bonds is 11. The number of nitrogens with zero attached hydrogens (tertiary/aromatic N) is 1. The number of halogens is 2. The molecule has 3 aromatic rings. The Kier molecular flexibility index (Phi) is 9.63. The summed E-state index contributed by atoms with van der Waals surface area (Å²) in [5.74, 6) is -0.670. The van der Waals surface area contributed by atoms with Crippen molar-refractivity contribution in [1.29, 1.82) is 0 Å². The average Bonchev–Trinajstić information content (AvgIpc) is 2.92. The number of anilines is 1. The van der Waals surface area contributed by atoms with Crippen molar-refractivity contribution in [2.75, 3.05) is 11.5 Å². The third-order valence-electron chi connectivity index (χ3n) is 6.02. The van der Waals surface area contributed by atoms with E-state index in [1.165, 1.54) is 6.08 Å². The standard InChI is InChI=1S/C30H28Cl2N2O5/c1-2-3-4-8-15-38-27-25(31)17-21(18-26(27)32)16-24-28(35)33-30(37)34(29(24)36)22-11-13-23(14-12-22)39-19-20-9-6-5-7-10-20/h5-7,9-14,16-18H,2-4,8,15,19H2,1H3,(H,33,35,37)/b24-16-. The highest BCUT2D eigenvalue weighted by Crippen LogP contribution is 2.35. The first-order valence-corrected chi connectivity index (χ1v) is 13.4. The van der Waals surface area contributed by atoms with Crippen LogP contribution in [0.4, 0.5) is 10.5 Å². The number of carbonyl (C=O) groups excluding carboxylic acids is 3. The van der Waals surface area contributed by atoms with E-state index in [9.17, 15) is 14.4 Å². The van der Waals surface area contributed by atoms with Crippen molar-refractivity contribution in [2.24, 2.45) is 0 Å². The lowest BCUT2D eigenvalue weighted by Gasteiger charge is -2.26. The Bertz CT molecular complexity index is 1350. The van der Waals surface area contributed by atoms with Crippen LogP contribution in [0.2, 0.25) is 10.0 Å². The Morgan fingerprint density at radius 3 is 2.23 bits per heavy atom. The minimum Gasteiger partial charge on any atom is -0.490 e. The van der Waals surface area contributed by atoms with Gasteiger partial charge < -0.3 is 9.47 Å². The van der Waals surface area contributed by atoms with Crippen LogP contribution in [0.3, 0.4) is 0 Å². The number of unbranched alkanes of at least 4 members (excludes halogenated alkanes) is 3. The summed E-state index contributed by atoms with van der Waals surface area (Å²) < 4.78 is 11.5. The summed E-state index contributed by atoms with van der Waals surface area (Å²) >= 11 is 12.8. The lowest BCUT2D eigenvalue weighted by atomic mass is 10.1. The fourth-order valence-corrected chi connectivity index (χ4v) is 4.61. The summed E-state index contributed by atoms with van der Waals surface area (Å²) in [5.41, 5.74) is 1.47. The normalized spacial score (nSPS) is 14.5. The molecule has 3 aromatic carbocycles. The molecule has 9 heteroatoms. The highest BCUT2D eigenvalue weighted by atomic mass is 35.5. The van der Waals surface area contributed by atoms with E-state index in [4.69, 9.17) is 32.7 Å². The largest absolute Gasteiger partial charge is 0.490 e. The summed E-state index contributed by atoms with van der Waals surface area (Å²) in [6.45, 7) is 2.99. The zero-order valence-electron chi connectivity index (χ0n) is 21.4. The summed E-state index contributed by atoms with van der Waals surface area (Å²) in [6, 6.07) is 18.4. The van der Waals surface area contributed by atoms with E-state index in [2.05, 4.69) is 12.2 Å². The van der Waals surface area contributed by atoms with E-state index in [0.29, 0.717) is 30.3 Å². The number of amides is 4. The van der Waals surface area contributed by atoms with Crippen LogP contribution in [0, 0.1) is 0 Å². The van der Waals surface area contributed by atoms with Crippen molar-refractivity contribution >= 4 is 52.8 Å². The molecule has 1 heterocycles. The molecule has 0 bridgehead atoms. The number of urea groups is 1. The molecule has 0 saturated carbocycles. The van der Waals surface area contributed by atoms with E-state index in [1.54, 1.807) is 36.4 Å². The number of nitrogens with one attached hydrogen (secondary N) is 1. The second kappa shape index (κ2) is 13.3. The number of hydrogen-bond donors (Lipinski definition) is 1. The Morgan fingerprint density at radius 1 is 0.872 bits per heavy atom. The van der Waals surface area contributed by atoms with Gasteiger partial charge in [0.1, 0.15) is 17.9 Å². The topological polar surface area (TPSA) is 84.9 Å². The van der Waals surface area contributed by atoms with Crippen molar-refractivity contribution in [1.82, 2.24) is 5.32 Å². The molecule has 202 valence electrons. The Morgan fingerprint density at radius 2 is 1.56 bits per heavy atom. The van der Waals surface area contributed by atoms with E-state index < -0.39 is 17.8 Å². The molecule has 0 atom stereocenters. The molecule has 1 aliphatic heterocycles. The van der Waals surface area contributed by atoms with Crippen LogP contribution in [-0.2, 0) is 16.2 Å². The molecular formula is C30H28Cl2N2O5. The van der Waals surface area contributed by atoms with Gasteiger partial charge in [0.2, 0.25) is 0 Å². The van der Waals surface area contributed by atoms with Crippen LogP contribution >= 0.6 is 23.2 Å². The molecule has 0 unspecified atom stereocenters. The highest BCUT2D eigenvalue weighted by Gasteiger charge is 2.36. The summed E-state index contributed by atoms with van der Waals surface area (Å²) in [6.07, 6.45) is 5.52. The van der Waals surface area contributed by atoms with Gasteiger partial charge >= 0.3 is 6.03 Å². The molecule has 0 spiro atoms. The fourth-order valence-electron chi connectivity index (χ4n) is 3.99. The molecule has 1 aliphatic rings. The van der Waals surface area contributed by atoms with Crippen LogP contribution in [-0.4, -0.2) is 24.5 Å². The second-order valence-corrected chi connectivity index (χ2v) is 9.76. The first-order valence-electron chi connectivity index (χ1n) is 12.7. The number of imide groups is 2. The number of ether oxygens (including phenoxy) is 2. The van der Waals surface area contributed by atoms with Crippen LogP contribution in [0.15, 0.2) is 72.3 Å². The van der Waals surface area contributed by atoms with Gasteiger partial charge in [-0.15, -0.1) is 0 Å². The van der Waals surface area contributed by atoms with Crippen LogP contribution in [0.5, 0.6) is 11.5 Å². The molecule has 1 N–H and O–H groups in total. The summed E-state index contributed by atoms with van der Waals surface area (Å²) in [7, 11) is 0. The first kappa shape index (κ1) is 28.2. The van der Waals surface area contributed by atoms with Gasteiger partial charge in [0.25, 0.3) is 11.8 Å². The summed E-state index contributed by atoms with van der Waals surface area (Å²) in [5, 5.41) is 2.73. The van der Waals surface area contributed by atoms with Crippen molar-refractivity contribution < 1.29 is 23.9 Å². The van der Waals surface area contributed by atoms with Gasteiger partial charge in [-0.05, 0) is 60.0 Å². The fraction of sp³-hybridized carbons (Fsp3) is 0.233. The molecule has 1 fully saturated rings. The third kappa shape index (κ3) is 7.19. The quantitative estimate of drug-likeness (QED) is 0.151. The van der Waals surface area contributed by atoms with Gasteiger partial charge in [-0.25, -0.2) is 9.69 Å². The van der Waals surface area contributed by atoms with E-state index in [-0.39, 0.29) is 21.3 Å². The Balaban J connectivity index is 1.49. The average molecular weight is 567 g/mol. The maximum Gasteiger partial charge on any atom is 0.335 e. The van der Waals surface area contributed by atoms with Crippen molar-refractivity contribution in [3.63, 3.8) is 0 Å². The minimum atomic E-state index is -0.844. The van der Waals surface area contributed by atoms with Crippen LogP contribution < -0.4 is 19.7 Å². The molecule has 1 saturated heterocycles. The second-order valence-electron chi connectivity index (χ2n) is 8.95. The SMILES string of the molecule is CCCCCCOc1c(Cl)cc(/C=C2/C(=O)NC(=O)N(c3ccc(OCc4ccccc4)cc3)C2=O)cc1Cl. The predicted molar refractivity (Wildman–Crippen MR) is 152 cm³/mol. The summed E-state index contributed by atoms with van der Waals surface area (Å²) in [4.78, 5) is 39.3. The molecule has 4 amide bonds. The van der Waals surface area contributed by atoms with E-state index >= 15 is 0 Å². The molecule has 0 aromatic heterocycles. The highest BCUT2D eigenvalue weighted by molar-refractivity contribution is 6.40. The van der Waals surface area contributed by atoms with Gasteiger partial charge in [0.15, 0.2) is 5.75 Å². The number of barbiturate groups is 1. The maximum absolute atomic E-state index is 13.3. The zero-order valence-corrected chi connectivity index (χ0v) is 22.9. The van der Waals surface area contributed by atoms with E-state index in [1.807, 2.05) is 30.3 Å². The van der Waals surface area contributed by atoms with Crippen LogP contribution in [0.25, 0.3) is 6.08 Å². The van der Waals surface area contributed by atoms with Gasteiger partial charge in [0.05, 0.1) is 22.3 Å². The van der Waals surface area contributed by atoms with Crippen molar-refractivity contribution in [3.05, 3.63) is 93.5 Å². The molecule has 0 radical (unpaired) electrons. The van der Waals surface area contributed by atoms with Crippen molar-refractivity contribution in [2.45, 2.75) is 39.2 Å².